The van der Waals surface area contributed by atoms with E-state index in [0.717, 1.165) is 12.3 Å². The fourth-order valence-corrected chi connectivity index (χ4v) is 3.87. The van der Waals surface area contributed by atoms with Gasteiger partial charge in [-0.1, -0.05) is 29.6 Å². The van der Waals surface area contributed by atoms with Crippen LogP contribution in [0.3, 0.4) is 0 Å². The van der Waals surface area contributed by atoms with E-state index in [9.17, 15) is 4.79 Å². The summed E-state index contributed by atoms with van der Waals surface area (Å²) in [4.78, 5) is 11.9. The van der Waals surface area contributed by atoms with Crippen molar-refractivity contribution < 1.29 is 9.53 Å². The topological polar surface area (TPSA) is 38.3 Å². The van der Waals surface area contributed by atoms with Gasteiger partial charge in [-0.15, -0.1) is 0 Å². The Morgan fingerprint density at radius 1 is 1.30 bits per heavy atom. The van der Waals surface area contributed by atoms with Gasteiger partial charge >= 0.3 is 0 Å². The van der Waals surface area contributed by atoms with Gasteiger partial charge in [-0.3, -0.25) is 4.79 Å². The molecule has 2 aliphatic rings. The van der Waals surface area contributed by atoms with E-state index in [-0.39, 0.29) is 12.5 Å². The summed E-state index contributed by atoms with van der Waals surface area (Å²) in [6, 6.07) is 5.31. The van der Waals surface area contributed by atoms with Crippen molar-refractivity contribution in [2.75, 3.05) is 6.61 Å². The van der Waals surface area contributed by atoms with E-state index in [2.05, 4.69) is 5.32 Å². The molecule has 2 bridgehead atoms. The number of benzene rings is 1. The van der Waals surface area contributed by atoms with E-state index in [0.29, 0.717) is 27.8 Å². The molecule has 0 heterocycles. The van der Waals surface area contributed by atoms with Crippen molar-refractivity contribution in [2.45, 2.75) is 31.7 Å². The van der Waals surface area contributed by atoms with Crippen molar-refractivity contribution >= 4 is 29.1 Å². The van der Waals surface area contributed by atoms with Crippen molar-refractivity contribution in [2.24, 2.45) is 11.8 Å². The number of carbonyl (C=O) groups is 1. The SMILES string of the molecule is O=C(COc1ccc(Cl)cc1Cl)N[C@H]1C[C@@H]2CC[C@@H]1C2. The molecule has 1 aromatic carbocycles. The van der Waals surface area contributed by atoms with Crippen molar-refractivity contribution in [1.29, 1.82) is 0 Å². The molecule has 1 aromatic rings. The molecule has 1 N–H and O–H groups in total. The number of hydrogen-bond donors (Lipinski definition) is 1. The minimum Gasteiger partial charge on any atom is -0.482 e. The van der Waals surface area contributed by atoms with Gasteiger partial charge in [-0.2, -0.15) is 0 Å². The van der Waals surface area contributed by atoms with Crippen molar-refractivity contribution in [3.05, 3.63) is 28.2 Å². The summed E-state index contributed by atoms with van der Waals surface area (Å²) >= 11 is 11.8. The zero-order chi connectivity index (χ0) is 14.1. The van der Waals surface area contributed by atoms with E-state index in [1.165, 1.54) is 19.3 Å². The molecule has 0 saturated heterocycles. The maximum absolute atomic E-state index is 11.9. The molecule has 0 unspecified atom stereocenters. The molecule has 5 heteroatoms. The largest absolute Gasteiger partial charge is 0.482 e. The molecule has 0 radical (unpaired) electrons. The number of halogens is 2. The third-order valence-corrected chi connectivity index (χ3v) is 4.87. The number of ether oxygens (including phenoxy) is 1. The highest BCUT2D eigenvalue weighted by Gasteiger charge is 2.40. The number of amides is 1. The Hall–Kier alpha value is -0.930. The van der Waals surface area contributed by atoms with Gasteiger partial charge in [0, 0.05) is 11.1 Å². The first-order valence-electron chi connectivity index (χ1n) is 6.99. The second kappa shape index (κ2) is 5.82. The average Bonchev–Trinajstić information content (AvgIpc) is 3.00. The van der Waals surface area contributed by atoms with Crippen LogP contribution in [0.5, 0.6) is 5.75 Å². The van der Waals surface area contributed by atoms with Crippen LogP contribution in [0.2, 0.25) is 10.0 Å². The van der Waals surface area contributed by atoms with E-state index in [1.807, 2.05) is 0 Å². The van der Waals surface area contributed by atoms with Crippen LogP contribution in [-0.2, 0) is 4.79 Å². The molecule has 0 aromatic heterocycles. The average molecular weight is 314 g/mol. The quantitative estimate of drug-likeness (QED) is 0.921. The molecule has 3 nitrogen and oxygen atoms in total. The van der Waals surface area contributed by atoms with Crippen LogP contribution in [0.15, 0.2) is 18.2 Å². The van der Waals surface area contributed by atoms with Gasteiger partial charge in [0.2, 0.25) is 0 Å². The number of fused-ring (bicyclic) bond motifs is 2. The summed E-state index contributed by atoms with van der Waals surface area (Å²) in [5.74, 6) is 1.90. The van der Waals surface area contributed by atoms with Gasteiger partial charge in [0.25, 0.3) is 5.91 Å². The Morgan fingerprint density at radius 2 is 2.15 bits per heavy atom. The second-order valence-electron chi connectivity index (χ2n) is 5.71. The summed E-state index contributed by atoms with van der Waals surface area (Å²) in [5.41, 5.74) is 0. The molecule has 0 spiro atoms. The molecule has 3 atom stereocenters. The van der Waals surface area contributed by atoms with E-state index < -0.39 is 0 Å². The highest BCUT2D eigenvalue weighted by atomic mass is 35.5. The Morgan fingerprint density at radius 3 is 2.80 bits per heavy atom. The standard InChI is InChI=1S/C15H17Cl2NO2/c16-11-3-4-14(12(17)7-11)20-8-15(19)18-13-6-9-1-2-10(13)5-9/h3-4,7,9-10,13H,1-2,5-6,8H2,(H,18,19)/t9-,10-,13+/m1/s1. The first-order valence-corrected chi connectivity index (χ1v) is 7.74. The molecule has 3 rings (SSSR count). The number of hydrogen-bond acceptors (Lipinski definition) is 2. The Bertz CT molecular complexity index is 521. The molecular weight excluding hydrogens is 297 g/mol. The first kappa shape index (κ1) is 14.0. The highest BCUT2D eigenvalue weighted by molar-refractivity contribution is 6.35. The van der Waals surface area contributed by atoms with Gasteiger partial charge < -0.3 is 10.1 Å². The predicted octanol–water partition coefficient (Wildman–Crippen LogP) is 3.68. The zero-order valence-electron chi connectivity index (χ0n) is 11.1. The summed E-state index contributed by atoms with van der Waals surface area (Å²) < 4.78 is 5.44. The van der Waals surface area contributed by atoms with Gasteiger partial charge in [-0.25, -0.2) is 0 Å². The smallest absolute Gasteiger partial charge is 0.258 e. The Kier molecular flexibility index (Phi) is 4.08. The number of nitrogens with one attached hydrogen (secondary N) is 1. The number of carbonyl (C=O) groups excluding carboxylic acids is 1. The monoisotopic (exact) mass is 313 g/mol. The lowest BCUT2D eigenvalue weighted by Crippen LogP contribution is -2.40. The maximum Gasteiger partial charge on any atom is 0.258 e. The third kappa shape index (κ3) is 3.04. The molecule has 2 aliphatic carbocycles. The lowest BCUT2D eigenvalue weighted by molar-refractivity contribution is -0.124. The van der Waals surface area contributed by atoms with E-state index in [4.69, 9.17) is 27.9 Å². The maximum atomic E-state index is 11.9. The Labute approximate surface area is 128 Å². The van der Waals surface area contributed by atoms with E-state index >= 15 is 0 Å². The normalized spacial score (nSPS) is 27.6. The predicted molar refractivity (Wildman–Crippen MR) is 79.3 cm³/mol. The Balaban J connectivity index is 1.49. The summed E-state index contributed by atoms with van der Waals surface area (Å²) in [7, 11) is 0. The van der Waals surface area contributed by atoms with Crippen molar-refractivity contribution in [3.63, 3.8) is 0 Å². The van der Waals surface area contributed by atoms with Crippen LogP contribution in [0, 0.1) is 11.8 Å². The first-order chi connectivity index (χ1) is 9.61. The third-order valence-electron chi connectivity index (χ3n) is 4.34. The molecule has 108 valence electrons. The van der Waals surface area contributed by atoms with E-state index in [1.54, 1.807) is 18.2 Å². The molecule has 0 aliphatic heterocycles. The van der Waals surface area contributed by atoms with Crippen LogP contribution in [0.4, 0.5) is 0 Å². The minimum atomic E-state index is -0.0754. The van der Waals surface area contributed by atoms with Crippen LogP contribution < -0.4 is 10.1 Å². The van der Waals surface area contributed by atoms with Crippen LogP contribution in [0.1, 0.15) is 25.7 Å². The lowest BCUT2D eigenvalue weighted by Gasteiger charge is -2.22. The van der Waals surface area contributed by atoms with Crippen LogP contribution >= 0.6 is 23.2 Å². The second-order valence-corrected chi connectivity index (χ2v) is 6.56. The van der Waals surface area contributed by atoms with Crippen molar-refractivity contribution in [1.82, 2.24) is 5.32 Å². The molecule has 20 heavy (non-hydrogen) atoms. The summed E-state index contributed by atoms with van der Waals surface area (Å²) in [6.45, 7) is -0.00472. The summed E-state index contributed by atoms with van der Waals surface area (Å²) in [5, 5.41) is 4.05. The van der Waals surface area contributed by atoms with Crippen LogP contribution in [-0.4, -0.2) is 18.6 Å². The fourth-order valence-electron chi connectivity index (χ4n) is 3.41. The molecule has 2 saturated carbocycles. The minimum absolute atomic E-state index is 0.00472. The fraction of sp³-hybridized carbons (Fsp3) is 0.533. The van der Waals surface area contributed by atoms with Gasteiger partial charge in [0.1, 0.15) is 5.75 Å². The lowest BCUT2D eigenvalue weighted by atomic mass is 9.95. The molecule has 2 fully saturated rings. The van der Waals surface area contributed by atoms with Gasteiger partial charge in [-0.05, 0) is 49.3 Å². The summed E-state index contributed by atoms with van der Waals surface area (Å²) in [6.07, 6.45) is 4.97. The zero-order valence-corrected chi connectivity index (χ0v) is 12.6. The molecule has 1 amide bonds. The van der Waals surface area contributed by atoms with Crippen LogP contribution in [0.25, 0.3) is 0 Å². The van der Waals surface area contributed by atoms with Crippen molar-refractivity contribution in [3.8, 4) is 5.75 Å². The van der Waals surface area contributed by atoms with Gasteiger partial charge in [0.15, 0.2) is 6.61 Å². The number of rotatable bonds is 4. The van der Waals surface area contributed by atoms with Gasteiger partial charge in [0.05, 0.1) is 5.02 Å². The highest BCUT2D eigenvalue weighted by Crippen LogP contribution is 2.44. The molecular formula is C15H17Cl2NO2.